The van der Waals surface area contributed by atoms with Crippen molar-refractivity contribution in [3.8, 4) is 5.75 Å². The van der Waals surface area contributed by atoms with Gasteiger partial charge in [0.25, 0.3) is 0 Å². The van der Waals surface area contributed by atoms with Crippen LogP contribution in [-0.2, 0) is 0 Å². The highest BCUT2D eigenvalue weighted by Gasteiger charge is 2.44. The summed E-state index contributed by atoms with van der Waals surface area (Å²) in [5.41, 5.74) is -0.165. The molecule has 4 aromatic rings. The number of aromatic nitrogens is 4. The second-order valence-corrected chi connectivity index (χ2v) is 14.5. The Morgan fingerprint density at radius 3 is 1.85 bits per heavy atom. The highest BCUT2D eigenvalue weighted by molar-refractivity contribution is 6.07. The summed E-state index contributed by atoms with van der Waals surface area (Å²) in [6, 6.07) is 10.9. The van der Waals surface area contributed by atoms with Gasteiger partial charge < -0.3 is 19.5 Å². The van der Waals surface area contributed by atoms with Gasteiger partial charge >= 0.3 is 24.4 Å². The first-order valence-electron chi connectivity index (χ1n) is 19.1. The maximum atomic E-state index is 13.1. The topological polar surface area (TPSA) is 186 Å². The summed E-state index contributed by atoms with van der Waals surface area (Å²) >= 11 is 0. The molecule has 0 spiro atoms. The number of nitrogens with one attached hydrogen (secondary N) is 3. The fraction of sp³-hybridized carbons (Fsp3) is 0.385. The minimum Gasteiger partial charge on any atom is -0.494 e. The van der Waals surface area contributed by atoms with E-state index in [2.05, 4.69) is 30.6 Å². The quantitative estimate of drug-likeness (QED) is 0.122. The number of amides is 4. The average Bonchev–Trinajstić information content (AvgIpc) is 3.83. The number of H-pyrrole nitrogens is 1. The van der Waals surface area contributed by atoms with Gasteiger partial charge in [-0.05, 0) is 37.1 Å². The Labute approximate surface area is 342 Å². The molecular weight excluding hydrogens is 818 g/mol. The molecule has 22 heteroatoms. The van der Waals surface area contributed by atoms with Crippen molar-refractivity contribution < 1.29 is 50.3 Å². The number of alkyl halides is 6. The zero-order valence-corrected chi connectivity index (χ0v) is 32.3. The maximum Gasteiger partial charge on any atom is 0.389 e. The number of methoxy groups -OCH3 is 1. The van der Waals surface area contributed by atoms with E-state index in [1.165, 1.54) is 35.4 Å². The van der Waals surface area contributed by atoms with Gasteiger partial charge in [-0.15, -0.1) is 0 Å². The molecule has 8 rings (SSSR count). The summed E-state index contributed by atoms with van der Waals surface area (Å²) in [4.78, 5) is 85.3. The van der Waals surface area contributed by atoms with Crippen LogP contribution in [0.2, 0.25) is 0 Å². The Balaban J connectivity index is 0.000000184. The third-order valence-corrected chi connectivity index (χ3v) is 10.4. The van der Waals surface area contributed by atoms with Crippen LogP contribution in [0.1, 0.15) is 59.5 Å². The molecule has 0 unspecified atom stereocenters. The number of hydrogen-bond acceptors (Lipinski definition) is 11. The second-order valence-electron chi connectivity index (χ2n) is 14.5. The number of nitrogens with zero attached hydrogens (tertiary/aromatic N) is 7. The highest BCUT2D eigenvalue weighted by Crippen LogP contribution is 2.45. The van der Waals surface area contributed by atoms with Gasteiger partial charge in [0.15, 0.2) is 17.4 Å². The third-order valence-electron chi connectivity index (χ3n) is 10.4. The van der Waals surface area contributed by atoms with E-state index in [0.717, 1.165) is 6.07 Å². The predicted octanol–water partition coefficient (Wildman–Crippen LogP) is 6.57. The monoisotopic (exact) mass is 856 g/mol. The standard InChI is InChI=1S/C20H20F3N5O3.C19H18F3N5O3/c1-31-15-10-13(14(29)5-7-20(21,22)23)25-18-17(15)27-9-6-12(11-27)28(18)19(30)26-16-4-2-3-8-24-16;20-19(21,22)6-4-13(28)12-9-14(29)16-17(24-12)27(11-5-8-26(16)10-11)18(30)25-15-3-1-2-7-23-15/h2-4,8,10,12H,5-7,9,11H2,1H3,(H,24,26,30);1-3,7,9,11H,4-6,8,10H2,(H,24,29)(H,23,25,30)/t12-;11-/m00/s1. The van der Waals surface area contributed by atoms with Gasteiger partial charge in [-0.1, -0.05) is 12.1 Å². The molecule has 0 aromatic carbocycles. The van der Waals surface area contributed by atoms with Crippen molar-refractivity contribution in [3.05, 3.63) is 82.5 Å². The fourth-order valence-electron chi connectivity index (χ4n) is 7.62. The molecule has 4 aliphatic rings. The molecule has 0 saturated carbocycles. The number of pyridine rings is 4. The first-order chi connectivity index (χ1) is 29.0. The minimum absolute atomic E-state index is 0.111. The molecule has 4 aromatic heterocycles. The summed E-state index contributed by atoms with van der Waals surface area (Å²) in [6.07, 6.45) is -8.66. The van der Waals surface area contributed by atoms with E-state index >= 15 is 0 Å². The number of halogens is 6. The van der Waals surface area contributed by atoms with E-state index < -0.39 is 67.1 Å². The Hall–Kier alpha value is -6.74. The summed E-state index contributed by atoms with van der Waals surface area (Å²) in [6.45, 7) is 2.22. The molecule has 8 heterocycles. The lowest BCUT2D eigenvalue weighted by molar-refractivity contribution is -0.134. The lowest BCUT2D eigenvalue weighted by atomic mass is 10.1. The Morgan fingerprint density at radius 1 is 0.770 bits per heavy atom. The van der Waals surface area contributed by atoms with E-state index in [9.17, 15) is 50.3 Å². The zero-order valence-electron chi connectivity index (χ0n) is 32.3. The Bertz CT molecular complexity index is 2370. The van der Waals surface area contributed by atoms with E-state index in [4.69, 9.17) is 4.74 Å². The van der Waals surface area contributed by atoms with Crippen molar-refractivity contribution >= 4 is 58.3 Å². The predicted molar refractivity (Wildman–Crippen MR) is 210 cm³/mol. The van der Waals surface area contributed by atoms with Crippen molar-refractivity contribution in [2.45, 2.75) is 63.0 Å². The van der Waals surface area contributed by atoms with Crippen LogP contribution in [0, 0.1) is 0 Å². The first-order valence-corrected chi connectivity index (χ1v) is 19.1. The first kappa shape index (κ1) is 42.4. The van der Waals surface area contributed by atoms with E-state index in [0.29, 0.717) is 56.3 Å². The fourth-order valence-corrected chi connectivity index (χ4v) is 7.62. The molecule has 322 valence electrons. The minimum atomic E-state index is -4.48. The van der Waals surface area contributed by atoms with Crippen molar-refractivity contribution in [3.63, 3.8) is 0 Å². The van der Waals surface area contributed by atoms with Gasteiger partial charge in [0, 0.05) is 63.5 Å². The van der Waals surface area contributed by atoms with Crippen molar-refractivity contribution in [1.82, 2.24) is 19.9 Å². The highest BCUT2D eigenvalue weighted by atomic mass is 19.4. The molecule has 4 aliphatic heterocycles. The lowest BCUT2D eigenvalue weighted by Gasteiger charge is -2.36. The zero-order chi connectivity index (χ0) is 43.6. The number of anilines is 6. The van der Waals surface area contributed by atoms with Crippen molar-refractivity contribution in [2.24, 2.45) is 0 Å². The van der Waals surface area contributed by atoms with Crippen molar-refractivity contribution in [2.75, 3.05) is 63.5 Å². The molecule has 61 heavy (non-hydrogen) atoms. The summed E-state index contributed by atoms with van der Waals surface area (Å²) in [7, 11) is 1.40. The maximum absolute atomic E-state index is 13.1. The smallest absolute Gasteiger partial charge is 0.389 e. The van der Waals surface area contributed by atoms with E-state index in [-0.39, 0.29) is 46.5 Å². The normalized spacial score (nSPS) is 17.5. The van der Waals surface area contributed by atoms with E-state index in [1.54, 1.807) is 36.4 Å². The molecular formula is C39H38F6N10O6. The number of carbonyl (C=O) groups excluding carboxylic acids is 4. The molecule has 0 aliphatic carbocycles. The van der Waals surface area contributed by atoms with E-state index in [1.807, 2.05) is 9.80 Å². The number of ketones is 2. The molecule has 3 N–H and O–H groups in total. The number of Topliss-reactive ketones (excluding diaryl/α,β-unsaturated/α-hetero) is 2. The van der Waals surface area contributed by atoms with Crippen LogP contribution >= 0.6 is 0 Å². The van der Waals surface area contributed by atoms with Gasteiger partial charge in [-0.2, -0.15) is 26.3 Å². The molecule has 0 radical (unpaired) electrons. The third kappa shape index (κ3) is 9.52. The van der Waals surface area contributed by atoms with Gasteiger partial charge in [0.05, 0.1) is 37.7 Å². The molecule has 2 fully saturated rings. The summed E-state index contributed by atoms with van der Waals surface area (Å²) in [5.74, 6) is -0.363. The SMILES string of the molecule is COc1cc(C(=O)CCC(F)(F)F)nc2c1N1CC[C@@H](C1)N2C(=O)Nc1ccccn1.O=C(CCC(F)(F)F)c1cc(=O)c2c([nH]1)N(C(=O)Nc1ccccn1)[C@H]1CCN2C1. The van der Waals surface area contributed by atoms with Gasteiger partial charge in [-0.25, -0.2) is 24.5 Å². The number of rotatable bonds is 9. The van der Waals surface area contributed by atoms with Crippen LogP contribution in [0.3, 0.4) is 0 Å². The Morgan fingerprint density at radius 2 is 1.31 bits per heavy atom. The number of carbonyl (C=O) groups is 4. The Kier molecular flexibility index (Phi) is 11.9. The van der Waals surface area contributed by atoms with Crippen LogP contribution in [0.5, 0.6) is 5.75 Å². The summed E-state index contributed by atoms with van der Waals surface area (Å²) < 4.78 is 80.5. The largest absolute Gasteiger partial charge is 0.494 e. The molecule has 2 saturated heterocycles. The summed E-state index contributed by atoms with van der Waals surface area (Å²) in [5, 5.41) is 5.36. The lowest BCUT2D eigenvalue weighted by Crippen LogP contribution is -2.49. The number of fused-ring (bicyclic) bond motifs is 8. The van der Waals surface area contributed by atoms with Crippen LogP contribution in [0.15, 0.2) is 65.7 Å². The van der Waals surface area contributed by atoms with Crippen LogP contribution in [0.4, 0.5) is 70.6 Å². The number of aromatic amines is 1. The number of urea groups is 2. The molecule has 16 nitrogen and oxygen atoms in total. The van der Waals surface area contributed by atoms with Crippen molar-refractivity contribution in [1.29, 1.82) is 0 Å². The van der Waals surface area contributed by atoms with Gasteiger partial charge in [0.1, 0.15) is 40.3 Å². The van der Waals surface area contributed by atoms with Crippen LogP contribution in [-0.4, -0.2) is 101 Å². The van der Waals surface area contributed by atoms with Crippen LogP contribution < -0.4 is 40.4 Å². The average molecular weight is 857 g/mol. The second kappa shape index (κ2) is 17.1. The van der Waals surface area contributed by atoms with Crippen LogP contribution in [0.25, 0.3) is 0 Å². The molecule has 2 atom stereocenters. The van der Waals surface area contributed by atoms with Gasteiger partial charge in [0.2, 0.25) is 5.43 Å². The molecule has 4 amide bonds. The number of ether oxygens (including phenoxy) is 1. The molecule has 4 bridgehead atoms. The number of hydrogen-bond donors (Lipinski definition) is 3. The van der Waals surface area contributed by atoms with Gasteiger partial charge in [-0.3, -0.25) is 34.8 Å².